The summed E-state index contributed by atoms with van der Waals surface area (Å²) in [6.07, 6.45) is 4.01. The summed E-state index contributed by atoms with van der Waals surface area (Å²) in [5.41, 5.74) is 1.25. The normalized spacial score (nSPS) is 22.8. The van der Waals surface area contributed by atoms with Gasteiger partial charge in [-0.3, -0.25) is 4.90 Å². The third-order valence-corrected chi connectivity index (χ3v) is 5.31. The van der Waals surface area contributed by atoms with Crippen molar-refractivity contribution in [1.82, 2.24) is 15.1 Å². The van der Waals surface area contributed by atoms with Gasteiger partial charge in [-0.1, -0.05) is 28.1 Å². The number of hydrogen-bond donors (Lipinski definition) is 1. The average Bonchev–Trinajstić information content (AvgIpc) is 3.24. The fourth-order valence-electron chi connectivity index (χ4n) is 3.52. The SMILES string of the molecule is CCNC(=NCc1ccc(Br)cc1)N1CCC(N2CCCC2)C1. The quantitative estimate of drug-likeness (QED) is 0.644. The third-order valence-electron chi connectivity index (χ3n) is 4.78. The Kier molecular flexibility index (Phi) is 5.95. The lowest BCUT2D eigenvalue weighted by atomic mass is 10.2. The third kappa shape index (κ3) is 4.48. The molecule has 4 nitrogen and oxygen atoms in total. The van der Waals surface area contributed by atoms with Gasteiger partial charge in [0.05, 0.1) is 6.54 Å². The van der Waals surface area contributed by atoms with Gasteiger partial charge in [0, 0.05) is 30.1 Å². The Morgan fingerprint density at radius 2 is 1.96 bits per heavy atom. The summed E-state index contributed by atoms with van der Waals surface area (Å²) in [5.74, 6) is 1.07. The summed E-state index contributed by atoms with van der Waals surface area (Å²) in [6.45, 7) is 8.60. The van der Waals surface area contributed by atoms with Crippen LogP contribution in [0.4, 0.5) is 0 Å². The Bertz CT molecular complexity index is 522. The van der Waals surface area contributed by atoms with Crippen molar-refractivity contribution in [3.8, 4) is 0 Å². The maximum Gasteiger partial charge on any atom is 0.194 e. The molecule has 5 heteroatoms. The molecule has 126 valence electrons. The number of guanidine groups is 1. The van der Waals surface area contributed by atoms with Crippen molar-refractivity contribution in [2.45, 2.75) is 38.8 Å². The van der Waals surface area contributed by atoms with Crippen LogP contribution >= 0.6 is 15.9 Å². The summed E-state index contributed by atoms with van der Waals surface area (Å²) in [6, 6.07) is 9.14. The molecule has 0 bridgehead atoms. The number of likely N-dealkylation sites (tertiary alicyclic amines) is 2. The second kappa shape index (κ2) is 8.15. The number of hydrogen-bond acceptors (Lipinski definition) is 2. The Morgan fingerprint density at radius 3 is 2.65 bits per heavy atom. The van der Waals surface area contributed by atoms with Crippen LogP contribution in [0.3, 0.4) is 0 Å². The first-order chi connectivity index (χ1) is 11.3. The molecule has 0 aliphatic carbocycles. The predicted octanol–water partition coefficient (Wildman–Crippen LogP) is 3.08. The van der Waals surface area contributed by atoms with Crippen molar-refractivity contribution in [3.63, 3.8) is 0 Å². The summed E-state index contributed by atoms with van der Waals surface area (Å²) in [5, 5.41) is 3.47. The number of nitrogens with zero attached hydrogens (tertiary/aromatic N) is 3. The van der Waals surface area contributed by atoms with Crippen LogP contribution in [0.15, 0.2) is 33.7 Å². The first-order valence-electron chi connectivity index (χ1n) is 8.78. The van der Waals surface area contributed by atoms with Gasteiger partial charge in [0.2, 0.25) is 0 Å². The van der Waals surface area contributed by atoms with Crippen molar-refractivity contribution >= 4 is 21.9 Å². The van der Waals surface area contributed by atoms with E-state index < -0.39 is 0 Å². The van der Waals surface area contributed by atoms with E-state index in [9.17, 15) is 0 Å². The van der Waals surface area contributed by atoms with Gasteiger partial charge >= 0.3 is 0 Å². The lowest BCUT2D eigenvalue weighted by Crippen LogP contribution is -2.42. The molecule has 2 aliphatic rings. The molecular weight excluding hydrogens is 352 g/mol. The fraction of sp³-hybridized carbons (Fsp3) is 0.611. The molecule has 0 spiro atoms. The zero-order valence-electron chi connectivity index (χ0n) is 14.0. The van der Waals surface area contributed by atoms with Gasteiger partial charge in [-0.05, 0) is 57.0 Å². The Morgan fingerprint density at radius 1 is 1.22 bits per heavy atom. The number of nitrogens with one attached hydrogen (secondary N) is 1. The average molecular weight is 379 g/mol. The van der Waals surface area contributed by atoms with Crippen LogP contribution in [-0.4, -0.2) is 54.5 Å². The molecule has 1 aromatic rings. The molecule has 2 saturated heterocycles. The van der Waals surface area contributed by atoms with Crippen LogP contribution in [0.5, 0.6) is 0 Å². The highest BCUT2D eigenvalue weighted by Crippen LogP contribution is 2.20. The number of aliphatic imine (C=N–C) groups is 1. The molecule has 3 rings (SSSR count). The molecule has 1 atom stereocenters. The largest absolute Gasteiger partial charge is 0.357 e. The standard InChI is InChI=1S/C18H27BrN4/c1-2-20-18(21-13-15-5-7-16(19)8-6-15)23-12-9-17(14-23)22-10-3-4-11-22/h5-8,17H,2-4,9-14H2,1H3,(H,20,21). The molecule has 1 unspecified atom stereocenters. The van der Waals surface area contributed by atoms with E-state index in [-0.39, 0.29) is 0 Å². The molecule has 0 aromatic heterocycles. The van der Waals surface area contributed by atoms with Crippen LogP contribution < -0.4 is 5.32 Å². The van der Waals surface area contributed by atoms with Crippen LogP contribution in [0.25, 0.3) is 0 Å². The Balaban J connectivity index is 1.61. The summed E-state index contributed by atoms with van der Waals surface area (Å²) in [7, 11) is 0. The van der Waals surface area contributed by atoms with Gasteiger partial charge in [0.15, 0.2) is 5.96 Å². The fourth-order valence-corrected chi connectivity index (χ4v) is 3.79. The summed E-state index contributed by atoms with van der Waals surface area (Å²) in [4.78, 5) is 9.95. The molecule has 0 radical (unpaired) electrons. The minimum Gasteiger partial charge on any atom is -0.357 e. The van der Waals surface area contributed by atoms with Gasteiger partial charge in [0.25, 0.3) is 0 Å². The van der Waals surface area contributed by atoms with E-state index in [1.807, 2.05) is 0 Å². The highest BCUT2D eigenvalue weighted by molar-refractivity contribution is 9.10. The first-order valence-corrected chi connectivity index (χ1v) is 9.57. The monoisotopic (exact) mass is 378 g/mol. The molecule has 1 aromatic carbocycles. The zero-order chi connectivity index (χ0) is 16.1. The van der Waals surface area contributed by atoms with E-state index in [1.54, 1.807) is 0 Å². The van der Waals surface area contributed by atoms with Crippen molar-refractivity contribution in [1.29, 1.82) is 0 Å². The van der Waals surface area contributed by atoms with Crippen LogP contribution in [0, 0.1) is 0 Å². The number of benzene rings is 1. The van der Waals surface area contributed by atoms with E-state index in [2.05, 4.69) is 62.2 Å². The molecule has 2 aliphatic heterocycles. The topological polar surface area (TPSA) is 30.9 Å². The van der Waals surface area contributed by atoms with Crippen LogP contribution in [0.2, 0.25) is 0 Å². The second-order valence-electron chi connectivity index (χ2n) is 6.43. The van der Waals surface area contributed by atoms with Gasteiger partial charge in [-0.15, -0.1) is 0 Å². The van der Waals surface area contributed by atoms with Crippen molar-refractivity contribution in [3.05, 3.63) is 34.3 Å². The number of rotatable bonds is 4. The Labute approximate surface area is 148 Å². The van der Waals surface area contributed by atoms with Gasteiger partial charge in [-0.25, -0.2) is 4.99 Å². The number of halogens is 1. The van der Waals surface area contributed by atoms with Gasteiger partial charge < -0.3 is 10.2 Å². The van der Waals surface area contributed by atoms with Crippen LogP contribution in [-0.2, 0) is 6.54 Å². The van der Waals surface area contributed by atoms with E-state index in [0.717, 1.165) is 36.6 Å². The van der Waals surface area contributed by atoms with E-state index in [0.29, 0.717) is 6.04 Å². The smallest absolute Gasteiger partial charge is 0.194 e. The minimum absolute atomic E-state index is 0.717. The zero-order valence-corrected chi connectivity index (χ0v) is 15.6. The summed E-state index contributed by atoms with van der Waals surface area (Å²) < 4.78 is 1.12. The van der Waals surface area contributed by atoms with Crippen molar-refractivity contribution in [2.75, 3.05) is 32.7 Å². The maximum absolute atomic E-state index is 4.85. The van der Waals surface area contributed by atoms with Gasteiger partial charge in [-0.2, -0.15) is 0 Å². The minimum atomic E-state index is 0.717. The van der Waals surface area contributed by atoms with Crippen molar-refractivity contribution in [2.24, 2.45) is 4.99 Å². The lowest BCUT2D eigenvalue weighted by Gasteiger charge is -2.25. The molecule has 2 fully saturated rings. The first kappa shape index (κ1) is 16.8. The summed E-state index contributed by atoms with van der Waals surface area (Å²) >= 11 is 3.48. The van der Waals surface area contributed by atoms with Crippen LogP contribution in [0.1, 0.15) is 31.7 Å². The van der Waals surface area contributed by atoms with E-state index >= 15 is 0 Å². The molecule has 1 N–H and O–H groups in total. The molecule has 2 heterocycles. The highest BCUT2D eigenvalue weighted by atomic mass is 79.9. The molecule has 23 heavy (non-hydrogen) atoms. The molecule has 0 saturated carbocycles. The van der Waals surface area contributed by atoms with E-state index in [4.69, 9.17) is 4.99 Å². The molecular formula is C18H27BrN4. The maximum atomic E-state index is 4.85. The Hall–Kier alpha value is -1.07. The van der Waals surface area contributed by atoms with Crippen molar-refractivity contribution < 1.29 is 0 Å². The molecule has 0 amide bonds. The second-order valence-corrected chi connectivity index (χ2v) is 7.34. The van der Waals surface area contributed by atoms with Gasteiger partial charge in [0.1, 0.15) is 0 Å². The lowest BCUT2D eigenvalue weighted by molar-refractivity contribution is 0.249. The predicted molar refractivity (Wildman–Crippen MR) is 99.7 cm³/mol. The van der Waals surface area contributed by atoms with E-state index in [1.165, 1.54) is 37.9 Å². The highest BCUT2D eigenvalue weighted by Gasteiger charge is 2.30.